The van der Waals surface area contributed by atoms with E-state index in [1.165, 1.54) is 21.9 Å². The summed E-state index contributed by atoms with van der Waals surface area (Å²) in [7, 11) is -3.32. The number of thiazole rings is 1. The van der Waals surface area contributed by atoms with Crippen LogP contribution in [0.4, 0.5) is 0 Å². The van der Waals surface area contributed by atoms with Crippen LogP contribution >= 0.6 is 11.3 Å². The Bertz CT molecular complexity index is 611. The Labute approximate surface area is 128 Å². The first-order valence-electron chi connectivity index (χ1n) is 7.12. The fourth-order valence-electron chi connectivity index (χ4n) is 2.83. The summed E-state index contributed by atoms with van der Waals surface area (Å²) in [6.07, 6.45) is 6.28. The molecule has 1 aromatic heterocycles. The number of sulfonamides is 1. The molecule has 1 saturated carbocycles. The molecule has 1 aliphatic heterocycles. The average molecular weight is 329 g/mol. The van der Waals surface area contributed by atoms with Crippen LogP contribution in [0.3, 0.4) is 0 Å². The van der Waals surface area contributed by atoms with Crippen molar-refractivity contribution in [1.82, 2.24) is 14.2 Å². The van der Waals surface area contributed by atoms with Gasteiger partial charge in [-0.2, -0.15) is 4.31 Å². The molecule has 21 heavy (non-hydrogen) atoms. The minimum atomic E-state index is -3.32. The van der Waals surface area contributed by atoms with Crippen molar-refractivity contribution in [2.45, 2.75) is 44.3 Å². The van der Waals surface area contributed by atoms with E-state index in [9.17, 15) is 13.2 Å². The maximum absolute atomic E-state index is 12.8. The van der Waals surface area contributed by atoms with Crippen molar-refractivity contribution in [2.24, 2.45) is 0 Å². The third kappa shape index (κ3) is 3.27. The predicted molar refractivity (Wildman–Crippen MR) is 80.3 cm³/mol. The van der Waals surface area contributed by atoms with Gasteiger partial charge in [-0.05, 0) is 25.7 Å². The first-order chi connectivity index (χ1) is 9.97. The fourth-order valence-corrected chi connectivity index (χ4v) is 4.56. The van der Waals surface area contributed by atoms with Gasteiger partial charge in [0.1, 0.15) is 11.0 Å². The molecule has 1 aromatic rings. The highest BCUT2D eigenvalue weighted by Gasteiger charge is 2.42. The van der Waals surface area contributed by atoms with Gasteiger partial charge in [-0.15, -0.1) is 11.3 Å². The van der Waals surface area contributed by atoms with E-state index in [1.807, 2.05) is 10.3 Å². The van der Waals surface area contributed by atoms with Crippen molar-refractivity contribution in [3.63, 3.8) is 0 Å². The number of carbonyl (C=O) groups excluding carboxylic acids is 1. The molecular formula is C13H19N3O3S2. The van der Waals surface area contributed by atoms with Crippen LogP contribution in [0.5, 0.6) is 0 Å². The van der Waals surface area contributed by atoms with Gasteiger partial charge in [0.05, 0.1) is 12.8 Å². The van der Waals surface area contributed by atoms with E-state index in [1.54, 1.807) is 6.20 Å². The Morgan fingerprint density at radius 2 is 2.24 bits per heavy atom. The van der Waals surface area contributed by atoms with Crippen molar-refractivity contribution in [3.05, 3.63) is 16.6 Å². The monoisotopic (exact) mass is 329 g/mol. The number of rotatable bonds is 5. The summed E-state index contributed by atoms with van der Waals surface area (Å²) >= 11 is 1.53. The smallest absolute Gasteiger partial charge is 0.241 e. The Morgan fingerprint density at radius 3 is 2.81 bits per heavy atom. The summed E-state index contributed by atoms with van der Waals surface area (Å²) in [5, 5.41) is 2.79. The van der Waals surface area contributed by atoms with E-state index in [0.29, 0.717) is 19.5 Å². The molecule has 2 fully saturated rings. The van der Waals surface area contributed by atoms with Crippen molar-refractivity contribution in [3.8, 4) is 0 Å². The van der Waals surface area contributed by atoms with E-state index < -0.39 is 16.1 Å². The number of aromatic nitrogens is 1. The zero-order chi connectivity index (χ0) is 15.0. The lowest BCUT2D eigenvalue weighted by Gasteiger charge is -2.28. The molecule has 0 N–H and O–H groups in total. The molecule has 6 nitrogen and oxygen atoms in total. The van der Waals surface area contributed by atoms with Crippen LogP contribution in [0.2, 0.25) is 0 Å². The van der Waals surface area contributed by atoms with Crippen LogP contribution in [0.1, 0.15) is 30.7 Å². The minimum absolute atomic E-state index is 0.0596. The number of hydrogen-bond acceptors (Lipinski definition) is 5. The molecule has 0 radical (unpaired) electrons. The maximum atomic E-state index is 12.8. The van der Waals surface area contributed by atoms with Gasteiger partial charge in [-0.25, -0.2) is 13.4 Å². The number of carbonyl (C=O) groups is 1. The van der Waals surface area contributed by atoms with Gasteiger partial charge in [0, 0.05) is 24.2 Å². The summed E-state index contributed by atoms with van der Waals surface area (Å²) < 4.78 is 25.0. The van der Waals surface area contributed by atoms with Crippen LogP contribution in [0.15, 0.2) is 11.6 Å². The zero-order valence-electron chi connectivity index (χ0n) is 11.9. The quantitative estimate of drug-likeness (QED) is 0.810. The average Bonchev–Trinajstić information content (AvgIpc) is 2.94. The molecule has 0 spiro atoms. The lowest BCUT2D eigenvalue weighted by atomic mass is 10.2. The van der Waals surface area contributed by atoms with Gasteiger partial charge in [-0.1, -0.05) is 0 Å². The molecule has 1 saturated heterocycles. The maximum Gasteiger partial charge on any atom is 0.241 e. The van der Waals surface area contributed by atoms with Crippen molar-refractivity contribution >= 4 is 27.3 Å². The van der Waals surface area contributed by atoms with Gasteiger partial charge >= 0.3 is 0 Å². The summed E-state index contributed by atoms with van der Waals surface area (Å²) in [6, 6.07) is -0.274. The van der Waals surface area contributed by atoms with Crippen LogP contribution in [0.25, 0.3) is 0 Å². The van der Waals surface area contributed by atoms with Crippen molar-refractivity contribution in [2.75, 3.05) is 12.8 Å². The van der Waals surface area contributed by atoms with Crippen molar-refractivity contribution < 1.29 is 13.2 Å². The first-order valence-corrected chi connectivity index (χ1v) is 9.85. The highest BCUT2D eigenvalue weighted by atomic mass is 32.2. The van der Waals surface area contributed by atoms with Gasteiger partial charge in [0.25, 0.3) is 0 Å². The molecular weight excluding hydrogens is 310 g/mol. The van der Waals surface area contributed by atoms with E-state index in [4.69, 9.17) is 0 Å². The standard InChI is InChI=1S/C13H19N3O3S2/c1-21(18,19)16-7-2-3-11(16)13(17)15(10-4-5-10)9-12-14-6-8-20-12/h6,8,10-11H,2-5,7,9H2,1H3/t11-/m0/s1. The third-order valence-electron chi connectivity index (χ3n) is 3.97. The normalized spacial score (nSPS) is 23.4. The number of nitrogens with zero attached hydrogens (tertiary/aromatic N) is 3. The Morgan fingerprint density at radius 1 is 1.48 bits per heavy atom. The van der Waals surface area contributed by atoms with Gasteiger partial charge in [0.2, 0.25) is 15.9 Å². The molecule has 3 rings (SSSR count). The van der Waals surface area contributed by atoms with Crippen molar-refractivity contribution in [1.29, 1.82) is 0 Å². The van der Waals surface area contributed by atoms with Gasteiger partial charge in [0.15, 0.2) is 0 Å². The van der Waals surface area contributed by atoms with Gasteiger partial charge < -0.3 is 4.90 Å². The molecule has 2 heterocycles. The van der Waals surface area contributed by atoms with Crippen LogP contribution < -0.4 is 0 Å². The molecule has 1 atom stereocenters. The minimum Gasteiger partial charge on any atom is -0.332 e. The Balaban J connectivity index is 1.78. The second kappa shape index (κ2) is 5.66. The second-order valence-electron chi connectivity index (χ2n) is 5.65. The summed E-state index contributed by atoms with van der Waals surface area (Å²) in [5.41, 5.74) is 0. The summed E-state index contributed by atoms with van der Waals surface area (Å²) in [4.78, 5) is 18.9. The summed E-state index contributed by atoms with van der Waals surface area (Å²) in [6.45, 7) is 0.945. The van der Waals surface area contributed by atoms with E-state index in [-0.39, 0.29) is 11.9 Å². The highest BCUT2D eigenvalue weighted by Crippen LogP contribution is 2.32. The molecule has 0 unspecified atom stereocenters. The van der Waals surface area contributed by atoms with Gasteiger partial charge in [-0.3, -0.25) is 4.79 Å². The molecule has 1 aliphatic carbocycles. The second-order valence-corrected chi connectivity index (χ2v) is 8.57. The fraction of sp³-hybridized carbons (Fsp3) is 0.692. The highest BCUT2D eigenvalue weighted by molar-refractivity contribution is 7.88. The predicted octanol–water partition coefficient (Wildman–Crippen LogP) is 1.06. The molecule has 0 bridgehead atoms. The number of amides is 1. The Hall–Kier alpha value is -0.990. The van der Waals surface area contributed by atoms with Crippen LogP contribution in [-0.4, -0.2) is 53.4 Å². The molecule has 1 amide bonds. The molecule has 116 valence electrons. The Kier molecular flexibility index (Phi) is 4.02. The van der Waals surface area contributed by atoms with E-state index >= 15 is 0 Å². The van der Waals surface area contributed by atoms with Crippen LogP contribution in [0, 0.1) is 0 Å². The SMILES string of the molecule is CS(=O)(=O)N1CCC[C@H]1C(=O)N(Cc1nccs1)C1CC1. The lowest BCUT2D eigenvalue weighted by Crippen LogP contribution is -2.47. The largest absolute Gasteiger partial charge is 0.332 e. The lowest BCUT2D eigenvalue weighted by molar-refractivity contribution is -0.135. The molecule has 8 heteroatoms. The third-order valence-corrected chi connectivity index (χ3v) is 6.03. The molecule has 0 aromatic carbocycles. The first kappa shape index (κ1) is 14.9. The summed E-state index contributed by atoms with van der Waals surface area (Å²) in [5.74, 6) is -0.0596. The molecule has 2 aliphatic rings. The van der Waals surface area contributed by atoms with E-state index in [0.717, 1.165) is 24.3 Å². The zero-order valence-corrected chi connectivity index (χ0v) is 13.6. The number of hydrogen-bond donors (Lipinski definition) is 0. The topological polar surface area (TPSA) is 70.6 Å². The van der Waals surface area contributed by atoms with Crippen LogP contribution in [-0.2, 0) is 21.4 Å². The van der Waals surface area contributed by atoms with E-state index in [2.05, 4.69) is 4.98 Å².